The Hall–Kier alpha value is -5.18. The van der Waals surface area contributed by atoms with Crippen molar-refractivity contribution in [3.63, 3.8) is 0 Å². The lowest BCUT2D eigenvalue weighted by Gasteiger charge is -2.13. The van der Waals surface area contributed by atoms with E-state index < -0.39 is 13.1 Å². The first kappa shape index (κ1) is 36.6. The van der Waals surface area contributed by atoms with Gasteiger partial charge in [0.2, 0.25) is 0 Å². The van der Waals surface area contributed by atoms with Crippen molar-refractivity contribution in [3.8, 4) is 11.5 Å². The SMILES string of the molecule is COC(=O)c1cnn2c(Br)c(OCc3ccccc3)ccc12.COC(=O)c1cnn2c(C3CC3)c(OCc3ccccc3)ccc12.OB(O)C1CC1. The van der Waals surface area contributed by atoms with E-state index in [2.05, 4.69) is 26.1 Å². The number of benzene rings is 2. The van der Waals surface area contributed by atoms with Crippen LogP contribution in [0.3, 0.4) is 0 Å². The van der Waals surface area contributed by atoms with Gasteiger partial charge in [0.05, 0.1) is 43.3 Å². The number of hydrogen-bond acceptors (Lipinski definition) is 10. The van der Waals surface area contributed by atoms with Gasteiger partial charge in [0.15, 0.2) is 5.75 Å². The molecule has 4 aromatic heterocycles. The molecule has 2 aliphatic carbocycles. The van der Waals surface area contributed by atoms with Crippen LogP contribution in [-0.4, -0.2) is 62.6 Å². The van der Waals surface area contributed by atoms with Crippen LogP contribution in [0, 0.1) is 0 Å². The van der Waals surface area contributed by atoms with E-state index in [1.807, 2.05) is 77.3 Å². The smallest absolute Gasteiger partial charge is 0.454 e. The number of fused-ring (bicyclic) bond motifs is 2. The number of carbonyl (C=O) groups excluding carboxylic acids is 2. The largest absolute Gasteiger partial charge is 0.487 e. The van der Waals surface area contributed by atoms with Crippen LogP contribution in [0.1, 0.15) is 69.1 Å². The quantitative estimate of drug-likeness (QED) is 0.0881. The third-order valence-corrected chi connectivity index (χ3v) is 9.29. The van der Waals surface area contributed by atoms with Crippen molar-refractivity contribution in [1.82, 2.24) is 19.2 Å². The van der Waals surface area contributed by atoms with E-state index in [4.69, 9.17) is 29.0 Å². The van der Waals surface area contributed by atoms with E-state index in [9.17, 15) is 9.59 Å². The van der Waals surface area contributed by atoms with E-state index in [1.165, 1.54) is 20.4 Å². The second-order valence-corrected chi connectivity index (χ2v) is 13.1. The molecule has 0 radical (unpaired) electrons. The predicted molar refractivity (Wildman–Crippen MR) is 197 cm³/mol. The van der Waals surface area contributed by atoms with E-state index >= 15 is 0 Å². The van der Waals surface area contributed by atoms with Gasteiger partial charge in [-0.15, -0.1) is 0 Å². The number of carbonyl (C=O) groups is 2. The van der Waals surface area contributed by atoms with Crippen molar-refractivity contribution < 1.29 is 38.6 Å². The molecule has 2 fully saturated rings. The normalized spacial score (nSPS) is 13.3. The molecule has 0 aliphatic heterocycles. The Labute approximate surface area is 309 Å². The van der Waals surface area contributed by atoms with Crippen molar-refractivity contribution in [3.05, 3.63) is 130 Å². The maximum atomic E-state index is 11.9. The molecule has 0 bridgehead atoms. The topological polar surface area (TPSA) is 146 Å². The molecule has 2 saturated carbocycles. The lowest BCUT2D eigenvalue weighted by Crippen LogP contribution is -2.09. The van der Waals surface area contributed by atoms with Crippen molar-refractivity contribution >= 4 is 46.0 Å². The van der Waals surface area contributed by atoms with Gasteiger partial charge in [0.1, 0.15) is 34.7 Å². The lowest BCUT2D eigenvalue weighted by molar-refractivity contribution is 0.0594. The Kier molecular flexibility index (Phi) is 11.9. The molecule has 0 saturated heterocycles. The third kappa shape index (κ3) is 8.82. The number of aromatic nitrogens is 4. The Bertz CT molecular complexity index is 2130. The summed E-state index contributed by atoms with van der Waals surface area (Å²) in [7, 11) is 1.69. The number of rotatable bonds is 10. The first-order valence-electron chi connectivity index (χ1n) is 16.8. The Balaban J connectivity index is 0.000000154. The first-order valence-corrected chi connectivity index (χ1v) is 17.6. The summed E-state index contributed by atoms with van der Waals surface area (Å²) >= 11 is 3.46. The molecular formula is C38H38BBrN4O8. The lowest BCUT2D eigenvalue weighted by atomic mass is 9.84. The van der Waals surface area contributed by atoms with Crippen LogP contribution in [0.2, 0.25) is 5.82 Å². The van der Waals surface area contributed by atoms with Crippen molar-refractivity contribution in [2.24, 2.45) is 0 Å². The Morgan fingerprint density at radius 1 is 0.712 bits per heavy atom. The number of nitrogens with zero attached hydrogens (tertiary/aromatic N) is 4. The van der Waals surface area contributed by atoms with Crippen LogP contribution in [0.15, 0.2) is 102 Å². The van der Waals surface area contributed by atoms with Gasteiger partial charge in [-0.05, 0) is 70.0 Å². The average molecular weight is 769 g/mol. The second-order valence-electron chi connectivity index (χ2n) is 12.3. The molecule has 12 nitrogen and oxygen atoms in total. The van der Waals surface area contributed by atoms with Gasteiger partial charge in [-0.2, -0.15) is 10.2 Å². The molecular weight excluding hydrogens is 731 g/mol. The third-order valence-electron chi connectivity index (χ3n) is 8.56. The number of halogens is 1. The molecule has 2 aliphatic rings. The fourth-order valence-corrected chi connectivity index (χ4v) is 5.95. The predicted octanol–water partition coefficient (Wildman–Crippen LogP) is 6.66. The molecule has 2 aromatic carbocycles. The zero-order valence-electron chi connectivity index (χ0n) is 28.7. The second kappa shape index (κ2) is 16.9. The van der Waals surface area contributed by atoms with Crippen LogP contribution >= 0.6 is 15.9 Å². The van der Waals surface area contributed by atoms with Gasteiger partial charge < -0.3 is 29.0 Å². The molecule has 0 atom stereocenters. The summed E-state index contributed by atoms with van der Waals surface area (Å²) < 4.78 is 25.5. The first-order chi connectivity index (χ1) is 25.3. The molecule has 52 heavy (non-hydrogen) atoms. The fourth-order valence-electron chi connectivity index (χ4n) is 5.42. The maximum Gasteiger partial charge on any atom is 0.454 e. The summed E-state index contributed by atoms with van der Waals surface area (Å²) in [6.07, 6.45) is 7.28. The summed E-state index contributed by atoms with van der Waals surface area (Å²) in [4.78, 5) is 23.5. The Morgan fingerprint density at radius 2 is 1.19 bits per heavy atom. The van der Waals surface area contributed by atoms with Crippen LogP contribution in [0.5, 0.6) is 11.5 Å². The highest BCUT2D eigenvalue weighted by molar-refractivity contribution is 9.10. The van der Waals surface area contributed by atoms with Crippen molar-refractivity contribution in [2.75, 3.05) is 14.2 Å². The van der Waals surface area contributed by atoms with E-state index in [0.717, 1.165) is 53.8 Å². The zero-order chi connectivity index (χ0) is 36.6. The van der Waals surface area contributed by atoms with Gasteiger partial charge in [-0.1, -0.05) is 73.5 Å². The molecule has 0 unspecified atom stereocenters. The van der Waals surface area contributed by atoms with E-state index in [0.29, 0.717) is 46.1 Å². The highest BCUT2D eigenvalue weighted by atomic mass is 79.9. The number of hydrogen-bond donors (Lipinski definition) is 2. The van der Waals surface area contributed by atoms with Crippen LogP contribution in [0.25, 0.3) is 11.0 Å². The molecule has 0 amide bonds. The van der Waals surface area contributed by atoms with Gasteiger partial charge in [-0.25, -0.2) is 18.6 Å². The summed E-state index contributed by atoms with van der Waals surface area (Å²) in [5.41, 5.74) is 5.55. The average Bonchev–Trinajstić information content (AvgIpc) is 4.12. The highest BCUT2D eigenvalue weighted by Gasteiger charge is 2.33. The van der Waals surface area contributed by atoms with E-state index in [-0.39, 0.29) is 11.8 Å². The minimum atomic E-state index is -1.04. The number of pyridine rings is 2. The van der Waals surface area contributed by atoms with Crippen molar-refractivity contribution in [2.45, 2.75) is 50.6 Å². The van der Waals surface area contributed by atoms with Gasteiger partial charge >= 0.3 is 19.1 Å². The summed E-state index contributed by atoms with van der Waals surface area (Å²) in [6.45, 7) is 0.966. The monoisotopic (exact) mass is 768 g/mol. The molecule has 14 heteroatoms. The minimum Gasteiger partial charge on any atom is -0.487 e. The summed E-state index contributed by atoms with van der Waals surface area (Å²) in [5.74, 6) is 1.34. The van der Waals surface area contributed by atoms with Crippen LogP contribution in [-0.2, 0) is 22.7 Å². The highest BCUT2D eigenvalue weighted by Crippen LogP contribution is 2.44. The van der Waals surface area contributed by atoms with Crippen molar-refractivity contribution in [1.29, 1.82) is 0 Å². The minimum absolute atomic E-state index is 0.213. The van der Waals surface area contributed by atoms with Crippen LogP contribution in [0.4, 0.5) is 0 Å². The van der Waals surface area contributed by atoms with E-state index in [1.54, 1.807) is 22.8 Å². The standard InChI is InChI=1S/C19H18N2O3.C16H13BrN2O3.C3H7BO2/c1-23-19(22)15-11-20-21-16(15)9-10-17(18(21)14-7-8-14)24-12-13-5-3-2-4-6-13;1-21-16(20)12-9-18-19-13(12)7-8-14(15(19)17)22-10-11-5-3-2-4-6-11;5-4(6)3-1-2-3/h2-6,9-11,14H,7-8,12H2,1H3;2-9H,10H2,1H3;3,5-6H,1-2H2. The number of esters is 2. The molecule has 4 heterocycles. The molecule has 8 rings (SSSR count). The molecule has 6 aromatic rings. The maximum absolute atomic E-state index is 11.9. The molecule has 2 N–H and O–H groups in total. The zero-order valence-corrected chi connectivity index (χ0v) is 30.3. The van der Waals surface area contributed by atoms with Gasteiger partial charge in [0.25, 0.3) is 0 Å². The fraction of sp³-hybridized carbons (Fsp3) is 0.263. The van der Waals surface area contributed by atoms with Gasteiger partial charge in [0, 0.05) is 5.92 Å². The van der Waals surface area contributed by atoms with Crippen LogP contribution < -0.4 is 9.47 Å². The number of ether oxygens (including phenoxy) is 4. The molecule has 268 valence electrons. The summed E-state index contributed by atoms with van der Waals surface area (Å²) in [5, 5.41) is 25.1. The summed E-state index contributed by atoms with van der Waals surface area (Å²) in [6, 6.07) is 27.3. The number of methoxy groups -OCH3 is 2. The molecule has 0 spiro atoms. The Morgan fingerprint density at radius 3 is 1.65 bits per heavy atom. The van der Waals surface area contributed by atoms with Gasteiger partial charge in [-0.3, -0.25) is 0 Å².